The van der Waals surface area contributed by atoms with Gasteiger partial charge < -0.3 is 14.5 Å². The number of anilines is 1. The highest BCUT2D eigenvalue weighted by Crippen LogP contribution is 2.42. The van der Waals surface area contributed by atoms with E-state index >= 15 is 0 Å². The summed E-state index contributed by atoms with van der Waals surface area (Å²) in [4.78, 5) is 32.0. The Bertz CT molecular complexity index is 1990. The number of sulfonamides is 1. The van der Waals surface area contributed by atoms with Crippen LogP contribution in [0.5, 0.6) is 0 Å². The van der Waals surface area contributed by atoms with Crippen LogP contribution in [0.15, 0.2) is 46.5 Å². The highest BCUT2D eigenvalue weighted by molar-refractivity contribution is 7.89. The van der Waals surface area contributed by atoms with Crippen LogP contribution in [0, 0.1) is 5.92 Å². The molecule has 1 N–H and O–H groups in total. The molecular formula is C31H40N8O5S. The first kappa shape index (κ1) is 29.9. The summed E-state index contributed by atoms with van der Waals surface area (Å²) in [7, 11) is -0.542. The van der Waals surface area contributed by atoms with Gasteiger partial charge in [0, 0.05) is 57.2 Å². The number of benzene rings is 1. The summed E-state index contributed by atoms with van der Waals surface area (Å²) in [6.45, 7) is 7.68. The van der Waals surface area contributed by atoms with Gasteiger partial charge in [-0.05, 0) is 50.7 Å². The van der Waals surface area contributed by atoms with Gasteiger partial charge in [0.05, 0.1) is 40.9 Å². The number of nitrogens with one attached hydrogen (secondary N) is 1. The van der Waals surface area contributed by atoms with Crippen LogP contribution >= 0.6 is 0 Å². The first-order valence-electron chi connectivity index (χ1n) is 15.5. The number of fused-ring (bicyclic) bond motifs is 3. The van der Waals surface area contributed by atoms with Gasteiger partial charge in [0.2, 0.25) is 10.0 Å². The molecule has 4 heterocycles. The molecule has 4 aromatic rings. The first-order valence-corrected chi connectivity index (χ1v) is 17.0. The van der Waals surface area contributed by atoms with E-state index in [0.717, 1.165) is 18.4 Å². The molecule has 240 valence electrons. The van der Waals surface area contributed by atoms with Crippen LogP contribution in [-0.4, -0.2) is 87.1 Å². The lowest BCUT2D eigenvalue weighted by molar-refractivity contribution is -0.148. The van der Waals surface area contributed by atoms with E-state index in [1.54, 1.807) is 45.4 Å². The highest BCUT2D eigenvalue weighted by atomic mass is 32.2. The Morgan fingerprint density at radius 3 is 2.53 bits per heavy atom. The van der Waals surface area contributed by atoms with Crippen molar-refractivity contribution >= 4 is 38.2 Å². The van der Waals surface area contributed by atoms with Crippen LogP contribution < -0.4 is 15.2 Å². The maximum atomic E-state index is 14.3. The summed E-state index contributed by atoms with van der Waals surface area (Å²) >= 11 is 0. The maximum Gasteiger partial charge on any atom is 0.262 e. The Labute approximate surface area is 261 Å². The lowest BCUT2D eigenvalue weighted by Crippen LogP contribution is -2.60. The van der Waals surface area contributed by atoms with Crippen molar-refractivity contribution < 1.29 is 17.9 Å². The Hall–Kier alpha value is -3.75. The number of hydrogen-bond acceptors (Lipinski definition) is 8. The Balaban J connectivity index is 1.39. The molecule has 1 aromatic carbocycles. The molecule has 1 saturated heterocycles. The number of aromatic nitrogens is 5. The fourth-order valence-corrected chi connectivity index (χ4v) is 8.10. The van der Waals surface area contributed by atoms with Crippen LogP contribution in [0.1, 0.15) is 52.0 Å². The molecule has 7 rings (SSSR count). The highest BCUT2D eigenvalue weighted by Gasteiger charge is 2.54. The molecule has 0 spiro atoms. The minimum Gasteiger partial charge on any atom is -0.368 e. The van der Waals surface area contributed by atoms with E-state index in [0.29, 0.717) is 49.3 Å². The number of rotatable bonds is 9. The maximum absolute atomic E-state index is 14.3. The molecule has 1 amide bonds. The molecular weight excluding hydrogens is 596 g/mol. The quantitative estimate of drug-likeness (QED) is 0.295. The fraction of sp³-hybridized carbons (Fsp3) is 0.548. The topological polar surface area (TPSA) is 136 Å². The fourth-order valence-electron chi connectivity index (χ4n) is 6.59. The molecule has 0 bridgehead atoms. The van der Waals surface area contributed by atoms with E-state index in [2.05, 4.69) is 33.7 Å². The molecule has 14 heteroatoms. The normalized spacial score (nSPS) is 20.8. The van der Waals surface area contributed by atoms with Gasteiger partial charge in [-0.25, -0.2) is 17.7 Å². The number of carbonyl (C=O) groups is 1. The Kier molecular flexibility index (Phi) is 6.91. The predicted molar refractivity (Wildman–Crippen MR) is 169 cm³/mol. The predicted octanol–water partition coefficient (Wildman–Crippen LogP) is 2.11. The average molecular weight is 637 g/mol. The van der Waals surface area contributed by atoms with Crippen molar-refractivity contribution in [2.45, 2.75) is 75.1 Å². The van der Waals surface area contributed by atoms with E-state index in [1.165, 1.54) is 6.07 Å². The number of hydrogen-bond donors (Lipinski definition) is 1. The molecule has 1 atom stereocenters. The zero-order chi connectivity index (χ0) is 31.9. The van der Waals surface area contributed by atoms with E-state index in [9.17, 15) is 18.0 Å². The van der Waals surface area contributed by atoms with Gasteiger partial charge in [-0.1, -0.05) is 13.8 Å². The third kappa shape index (κ3) is 5.12. The van der Waals surface area contributed by atoms with Gasteiger partial charge in [0.15, 0.2) is 0 Å². The molecule has 2 aliphatic carbocycles. The summed E-state index contributed by atoms with van der Waals surface area (Å²) in [5.74, 6) is 0.139. The lowest BCUT2D eigenvalue weighted by Gasteiger charge is -2.45. The second kappa shape index (κ2) is 10.4. The van der Waals surface area contributed by atoms with Gasteiger partial charge in [-0.15, -0.1) is 0 Å². The van der Waals surface area contributed by atoms with E-state index in [4.69, 9.17) is 4.74 Å². The van der Waals surface area contributed by atoms with Crippen molar-refractivity contribution in [3.8, 4) is 0 Å². The van der Waals surface area contributed by atoms with Gasteiger partial charge in [0.25, 0.3) is 11.5 Å². The SMILES string of the molecule is COC1(C(=O)N2CCN(c3cc(S(=O)(=O)NC4(C)CC4)cc4c(=O)n(Cc5cnn(C)c5)c5ccnn5c34)C[C@H]2C(C)C)CC1. The van der Waals surface area contributed by atoms with Crippen LogP contribution in [-0.2, 0) is 33.1 Å². The molecule has 3 aromatic heterocycles. The Morgan fingerprint density at radius 1 is 1.16 bits per heavy atom. The molecule has 2 saturated carbocycles. The van der Waals surface area contributed by atoms with Crippen LogP contribution in [0.2, 0.25) is 0 Å². The lowest BCUT2D eigenvalue weighted by atomic mass is 9.97. The molecule has 45 heavy (non-hydrogen) atoms. The second-order valence-electron chi connectivity index (χ2n) is 13.5. The molecule has 3 aliphatic rings. The molecule has 0 unspecified atom stereocenters. The van der Waals surface area contributed by atoms with Crippen molar-refractivity contribution in [3.63, 3.8) is 0 Å². The summed E-state index contributed by atoms with van der Waals surface area (Å²) in [6.07, 6.45) is 8.14. The zero-order valence-electron chi connectivity index (χ0n) is 26.4. The van der Waals surface area contributed by atoms with Crippen molar-refractivity contribution in [1.82, 2.24) is 33.6 Å². The monoisotopic (exact) mass is 636 g/mol. The number of nitrogens with zero attached hydrogens (tertiary/aromatic N) is 7. The van der Waals surface area contributed by atoms with E-state index in [-0.39, 0.29) is 40.3 Å². The van der Waals surface area contributed by atoms with E-state index < -0.39 is 21.2 Å². The minimum absolute atomic E-state index is 0.0131. The first-order chi connectivity index (χ1) is 21.3. The smallest absolute Gasteiger partial charge is 0.262 e. The summed E-state index contributed by atoms with van der Waals surface area (Å²) < 4.78 is 41.1. The minimum atomic E-state index is -3.95. The van der Waals surface area contributed by atoms with Crippen molar-refractivity contribution in [1.29, 1.82) is 0 Å². The third-order valence-corrected chi connectivity index (χ3v) is 11.3. The summed E-state index contributed by atoms with van der Waals surface area (Å²) in [5.41, 5.74) is 1.01. The zero-order valence-corrected chi connectivity index (χ0v) is 27.2. The number of ether oxygens (including phenoxy) is 1. The van der Waals surface area contributed by atoms with Crippen molar-refractivity contribution in [3.05, 3.63) is 52.7 Å². The van der Waals surface area contributed by atoms with Gasteiger partial charge in [-0.3, -0.25) is 18.8 Å². The largest absolute Gasteiger partial charge is 0.368 e. The summed E-state index contributed by atoms with van der Waals surface area (Å²) in [5, 5.41) is 9.13. The molecule has 0 radical (unpaired) electrons. The van der Waals surface area contributed by atoms with Crippen LogP contribution in [0.3, 0.4) is 0 Å². The van der Waals surface area contributed by atoms with Crippen LogP contribution in [0.25, 0.3) is 16.6 Å². The van der Waals surface area contributed by atoms with E-state index in [1.807, 2.05) is 25.1 Å². The third-order valence-electron chi connectivity index (χ3n) is 9.71. The molecule has 1 aliphatic heterocycles. The van der Waals surface area contributed by atoms with Crippen molar-refractivity contribution in [2.75, 3.05) is 31.6 Å². The number of aryl methyl sites for hydroxylation is 1. The number of amides is 1. The standard InChI is InChI=1S/C31H40N8O5S/c1-20(2)25-19-36(12-13-37(25)29(41)31(44-5)9-10-31)24-15-22(45(42,43)34-30(3)7-8-30)14-23-27(24)39-26(6-11-32-39)38(28(23)40)18-21-16-33-35(4)17-21/h6,11,14-17,20,25,34H,7-10,12-13,18-19H2,1-5H3/t25-/m0/s1. The number of methoxy groups -OCH3 is 1. The Morgan fingerprint density at radius 2 is 1.91 bits per heavy atom. The van der Waals surface area contributed by atoms with Crippen molar-refractivity contribution in [2.24, 2.45) is 13.0 Å². The summed E-state index contributed by atoms with van der Waals surface area (Å²) in [6, 6.07) is 4.78. The average Bonchev–Trinajstić information content (AvgIpc) is 3.85. The molecule has 3 fully saturated rings. The van der Waals surface area contributed by atoms with Gasteiger partial charge in [-0.2, -0.15) is 10.2 Å². The van der Waals surface area contributed by atoms with Gasteiger partial charge in [0.1, 0.15) is 16.8 Å². The molecule has 13 nitrogen and oxygen atoms in total. The van der Waals surface area contributed by atoms with Gasteiger partial charge >= 0.3 is 0 Å². The number of carbonyl (C=O) groups excluding carboxylic acids is 1. The van der Waals surface area contributed by atoms with Crippen LogP contribution in [0.4, 0.5) is 5.69 Å². The number of piperazine rings is 1. The second-order valence-corrected chi connectivity index (χ2v) is 15.2.